The van der Waals surface area contributed by atoms with Crippen LogP contribution in [0.15, 0.2) is 24.3 Å². The van der Waals surface area contributed by atoms with Crippen LogP contribution in [0.25, 0.3) is 0 Å². The summed E-state index contributed by atoms with van der Waals surface area (Å²) in [6, 6.07) is 4.85. The van der Waals surface area contributed by atoms with Gasteiger partial charge in [-0.2, -0.15) is 0 Å². The Morgan fingerprint density at radius 2 is 2.04 bits per heavy atom. The van der Waals surface area contributed by atoms with Gasteiger partial charge in [-0.25, -0.2) is 9.18 Å². The fraction of sp³-hybridized carbons (Fsp3) is 0.500. The van der Waals surface area contributed by atoms with Crippen LogP contribution in [-0.4, -0.2) is 53.6 Å². The number of carbonyl (C=O) groups excluding carboxylic acids is 2. The quantitative estimate of drug-likeness (QED) is 0.857. The summed E-state index contributed by atoms with van der Waals surface area (Å²) in [6.45, 7) is 2.43. The lowest BCUT2D eigenvalue weighted by Crippen LogP contribution is -2.55. The predicted molar refractivity (Wildman–Crippen MR) is 92.2 cm³/mol. The Bertz CT molecular complexity index is 741. The number of benzene rings is 1. The number of aliphatic carboxylic acids is 1. The maximum atomic E-state index is 14.0. The van der Waals surface area contributed by atoms with Crippen LogP contribution in [0.3, 0.4) is 0 Å². The molecule has 0 spiro atoms. The second kappa shape index (κ2) is 6.93. The molecule has 2 aliphatic rings. The summed E-state index contributed by atoms with van der Waals surface area (Å²) in [5.74, 6) is -1.77. The summed E-state index contributed by atoms with van der Waals surface area (Å²) in [5, 5.41) is 12.0. The number of carbonyl (C=O) groups is 3. The van der Waals surface area contributed by atoms with E-state index >= 15 is 0 Å². The van der Waals surface area contributed by atoms with Gasteiger partial charge in [0.25, 0.3) is 0 Å². The van der Waals surface area contributed by atoms with Gasteiger partial charge in [-0.3, -0.25) is 9.59 Å². The van der Waals surface area contributed by atoms with E-state index in [0.29, 0.717) is 32.4 Å². The average Bonchev–Trinajstić information content (AvgIpc) is 3.02. The number of anilines is 1. The van der Waals surface area contributed by atoms with Crippen LogP contribution in [0.2, 0.25) is 0 Å². The highest BCUT2D eigenvalue weighted by molar-refractivity contribution is 5.99. The van der Waals surface area contributed by atoms with Gasteiger partial charge in [0, 0.05) is 19.6 Å². The van der Waals surface area contributed by atoms with E-state index in [1.54, 1.807) is 19.1 Å². The Hall–Kier alpha value is -2.64. The third-order valence-electron chi connectivity index (χ3n) is 5.16. The minimum absolute atomic E-state index is 0.103. The molecule has 2 aliphatic heterocycles. The zero-order chi connectivity index (χ0) is 18.9. The molecular formula is C18H22FN3O4. The van der Waals surface area contributed by atoms with Gasteiger partial charge in [0.2, 0.25) is 5.91 Å². The second-order valence-corrected chi connectivity index (χ2v) is 7.12. The topological polar surface area (TPSA) is 89.9 Å². The molecule has 0 saturated carbocycles. The first-order chi connectivity index (χ1) is 12.3. The van der Waals surface area contributed by atoms with Crippen molar-refractivity contribution in [1.29, 1.82) is 0 Å². The van der Waals surface area contributed by atoms with E-state index in [0.717, 1.165) is 0 Å². The number of piperidine rings is 1. The third-order valence-corrected chi connectivity index (χ3v) is 5.16. The maximum absolute atomic E-state index is 14.0. The van der Waals surface area contributed by atoms with E-state index in [2.05, 4.69) is 5.32 Å². The average molecular weight is 363 g/mol. The highest BCUT2D eigenvalue weighted by Crippen LogP contribution is 2.30. The summed E-state index contributed by atoms with van der Waals surface area (Å²) >= 11 is 0. The van der Waals surface area contributed by atoms with Gasteiger partial charge in [0.15, 0.2) is 0 Å². The van der Waals surface area contributed by atoms with Crippen molar-refractivity contribution in [2.75, 3.05) is 24.5 Å². The summed E-state index contributed by atoms with van der Waals surface area (Å²) in [7, 11) is 0. The van der Waals surface area contributed by atoms with Crippen molar-refractivity contribution in [3.8, 4) is 0 Å². The zero-order valence-corrected chi connectivity index (χ0v) is 14.6. The van der Waals surface area contributed by atoms with Crippen molar-refractivity contribution in [2.24, 2.45) is 5.41 Å². The van der Waals surface area contributed by atoms with E-state index < -0.39 is 29.3 Å². The Balaban J connectivity index is 1.67. The SMILES string of the molecule is CC1(C(=O)O)CCN(C(=O)NC2CCCN(c3ccccc3F)C2=O)C1. The fourth-order valence-corrected chi connectivity index (χ4v) is 3.47. The van der Waals surface area contributed by atoms with E-state index in [1.807, 2.05) is 0 Å². The Morgan fingerprint density at radius 3 is 2.69 bits per heavy atom. The number of nitrogens with one attached hydrogen (secondary N) is 1. The summed E-state index contributed by atoms with van der Waals surface area (Å²) in [4.78, 5) is 39.2. The van der Waals surface area contributed by atoms with Gasteiger partial charge in [-0.05, 0) is 38.3 Å². The minimum atomic E-state index is -0.965. The van der Waals surface area contributed by atoms with Crippen molar-refractivity contribution >= 4 is 23.6 Å². The molecule has 0 bridgehead atoms. The number of carboxylic acids is 1. The number of carboxylic acid groups (broad SMARTS) is 1. The fourth-order valence-electron chi connectivity index (χ4n) is 3.47. The van der Waals surface area contributed by atoms with Gasteiger partial charge >= 0.3 is 12.0 Å². The third kappa shape index (κ3) is 3.36. The lowest BCUT2D eigenvalue weighted by molar-refractivity contribution is -0.147. The van der Waals surface area contributed by atoms with Crippen molar-refractivity contribution in [3.05, 3.63) is 30.1 Å². The number of hydrogen-bond donors (Lipinski definition) is 2. The molecule has 2 heterocycles. The van der Waals surface area contributed by atoms with Crippen LogP contribution in [-0.2, 0) is 9.59 Å². The number of halogens is 1. The van der Waals surface area contributed by atoms with Crippen molar-refractivity contribution in [1.82, 2.24) is 10.2 Å². The molecule has 0 aliphatic carbocycles. The molecule has 3 rings (SSSR count). The Morgan fingerprint density at radius 1 is 1.31 bits per heavy atom. The Kier molecular flexibility index (Phi) is 4.84. The Labute approximate surface area is 150 Å². The van der Waals surface area contributed by atoms with E-state index in [4.69, 9.17) is 0 Å². The molecule has 7 nitrogen and oxygen atoms in total. The lowest BCUT2D eigenvalue weighted by atomic mass is 9.90. The van der Waals surface area contributed by atoms with Gasteiger partial charge in [0.05, 0.1) is 11.1 Å². The first-order valence-electron chi connectivity index (χ1n) is 8.66. The molecule has 1 aromatic carbocycles. The number of para-hydroxylation sites is 1. The van der Waals surface area contributed by atoms with E-state index in [-0.39, 0.29) is 18.1 Å². The van der Waals surface area contributed by atoms with E-state index in [1.165, 1.54) is 21.9 Å². The molecular weight excluding hydrogens is 341 g/mol. The number of nitrogens with zero attached hydrogens (tertiary/aromatic N) is 2. The number of likely N-dealkylation sites (tertiary alicyclic amines) is 1. The van der Waals surface area contributed by atoms with Crippen LogP contribution in [0.4, 0.5) is 14.9 Å². The molecule has 2 unspecified atom stereocenters. The zero-order valence-electron chi connectivity index (χ0n) is 14.6. The number of amides is 3. The van der Waals surface area contributed by atoms with Crippen molar-refractivity contribution in [3.63, 3.8) is 0 Å². The molecule has 140 valence electrons. The number of urea groups is 1. The molecule has 2 fully saturated rings. The van der Waals surface area contributed by atoms with Crippen LogP contribution in [0.1, 0.15) is 26.2 Å². The van der Waals surface area contributed by atoms with Crippen molar-refractivity contribution in [2.45, 2.75) is 32.2 Å². The number of rotatable bonds is 3. The monoisotopic (exact) mass is 363 g/mol. The summed E-state index contributed by atoms with van der Waals surface area (Å²) in [6.07, 6.45) is 1.48. The van der Waals surface area contributed by atoms with Crippen LogP contribution in [0, 0.1) is 11.2 Å². The molecule has 8 heteroatoms. The molecule has 26 heavy (non-hydrogen) atoms. The van der Waals surface area contributed by atoms with Gasteiger partial charge < -0.3 is 20.2 Å². The van der Waals surface area contributed by atoms with E-state index in [9.17, 15) is 23.9 Å². The molecule has 2 saturated heterocycles. The standard InChI is InChI=1S/C18H22FN3O4/c1-18(16(24)25)8-10-21(11-18)17(26)20-13-6-4-9-22(15(13)23)14-7-3-2-5-12(14)19/h2-3,5,7,13H,4,6,8-11H2,1H3,(H,20,26)(H,24,25). The first-order valence-corrected chi connectivity index (χ1v) is 8.66. The minimum Gasteiger partial charge on any atom is -0.481 e. The molecule has 2 atom stereocenters. The lowest BCUT2D eigenvalue weighted by Gasteiger charge is -2.33. The van der Waals surface area contributed by atoms with Gasteiger partial charge in [0.1, 0.15) is 11.9 Å². The summed E-state index contributed by atoms with van der Waals surface area (Å²) in [5.41, 5.74) is -0.760. The van der Waals surface area contributed by atoms with Crippen molar-refractivity contribution < 1.29 is 23.9 Å². The largest absolute Gasteiger partial charge is 0.481 e. The molecule has 0 radical (unpaired) electrons. The highest BCUT2D eigenvalue weighted by Gasteiger charge is 2.43. The normalized spacial score (nSPS) is 26.1. The predicted octanol–water partition coefficient (Wildman–Crippen LogP) is 1.83. The maximum Gasteiger partial charge on any atom is 0.318 e. The second-order valence-electron chi connectivity index (χ2n) is 7.12. The highest BCUT2D eigenvalue weighted by atomic mass is 19.1. The summed E-state index contributed by atoms with van der Waals surface area (Å²) < 4.78 is 14.0. The van der Waals surface area contributed by atoms with Crippen LogP contribution >= 0.6 is 0 Å². The van der Waals surface area contributed by atoms with Gasteiger partial charge in [-0.15, -0.1) is 0 Å². The van der Waals surface area contributed by atoms with Crippen LogP contribution < -0.4 is 10.2 Å². The number of hydrogen-bond acceptors (Lipinski definition) is 3. The molecule has 3 amide bonds. The molecule has 0 aromatic heterocycles. The molecule has 1 aromatic rings. The smallest absolute Gasteiger partial charge is 0.318 e. The first kappa shape index (κ1) is 18.2. The van der Waals surface area contributed by atoms with Gasteiger partial charge in [-0.1, -0.05) is 12.1 Å². The molecule has 2 N–H and O–H groups in total. The van der Waals surface area contributed by atoms with Crippen LogP contribution in [0.5, 0.6) is 0 Å².